The van der Waals surface area contributed by atoms with Gasteiger partial charge in [0.15, 0.2) is 0 Å². The second-order valence-electron chi connectivity index (χ2n) is 4.31. The maximum absolute atomic E-state index is 11.3. The van der Waals surface area contributed by atoms with E-state index in [1.165, 1.54) is 18.2 Å². The molecule has 3 rings (SSSR count). The van der Waals surface area contributed by atoms with Gasteiger partial charge in [-0.25, -0.2) is 0 Å². The number of benzene rings is 2. The molecule has 0 saturated heterocycles. The lowest BCUT2D eigenvalue weighted by molar-refractivity contribution is -0.385. The lowest BCUT2D eigenvalue weighted by atomic mass is 10.1. The van der Waals surface area contributed by atoms with E-state index >= 15 is 0 Å². The van der Waals surface area contributed by atoms with Crippen molar-refractivity contribution in [1.82, 2.24) is 0 Å². The molecule has 0 atom stereocenters. The van der Waals surface area contributed by atoms with Crippen LogP contribution in [-0.4, -0.2) is 9.85 Å². The second kappa shape index (κ2) is 4.71. The van der Waals surface area contributed by atoms with Crippen LogP contribution in [0, 0.1) is 20.2 Å². The van der Waals surface area contributed by atoms with E-state index in [-0.39, 0.29) is 22.7 Å². The first-order valence-corrected chi connectivity index (χ1v) is 5.99. The van der Waals surface area contributed by atoms with Crippen molar-refractivity contribution in [2.24, 2.45) is 0 Å². The highest BCUT2D eigenvalue weighted by molar-refractivity contribution is 5.96. The number of para-hydroxylation sites is 2. The van der Waals surface area contributed by atoms with Gasteiger partial charge in [-0.1, -0.05) is 24.3 Å². The average Bonchev–Trinajstić information content (AvgIpc) is 2.86. The summed E-state index contributed by atoms with van der Waals surface area (Å²) in [7, 11) is 0. The molecule has 1 aromatic heterocycles. The van der Waals surface area contributed by atoms with Gasteiger partial charge in [-0.2, -0.15) is 0 Å². The molecule has 7 heteroatoms. The molecule has 0 amide bonds. The van der Waals surface area contributed by atoms with Crippen LogP contribution < -0.4 is 0 Å². The van der Waals surface area contributed by atoms with Gasteiger partial charge >= 0.3 is 5.69 Å². The van der Waals surface area contributed by atoms with Crippen LogP contribution in [0.25, 0.3) is 22.3 Å². The summed E-state index contributed by atoms with van der Waals surface area (Å²) in [5.74, 6) is -0.103. The topological polar surface area (TPSA) is 99.4 Å². The number of hydrogen-bond acceptors (Lipinski definition) is 5. The van der Waals surface area contributed by atoms with Gasteiger partial charge in [0.05, 0.1) is 15.2 Å². The van der Waals surface area contributed by atoms with Crippen molar-refractivity contribution in [3.63, 3.8) is 0 Å². The van der Waals surface area contributed by atoms with Crippen molar-refractivity contribution in [3.05, 3.63) is 68.8 Å². The molecule has 3 aromatic rings. The largest absolute Gasteiger partial charge is 0.448 e. The van der Waals surface area contributed by atoms with E-state index in [4.69, 9.17) is 4.42 Å². The van der Waals surface area contributed by atoms with Crippen LogP contribution in [0.5, 0.6) is 0 Å². The molecule has 0 aliphatic carbocycles. The normalized spacial score (nSPS) is 10.7. The summed E-state index contributed by atoms with van der Waals surface area (Å²) in [6.45, 7) is 0. The van der Waals surface area contributed by atoms with Crippen LogP contribution in [0.15, 0.2) is 52.9 Å². The Morgan fingerprint density at radius 3 is 2.24 bits per heavy atom. The second-order valence-corrected chi connectivity index (χ2v) is 4.31. The van der Waals surface area contributed by atoms with E-state index in [0.717, 1.165) is 0 Å². The minimum absolute atomic E-state index is 0.0883. The average molecular weight is 284 g/mol. The van der Waals surface area contributed by atoms with Gasteiger partial charge in [-0.3, -0.25) is 20.2 Å². The van der Waals surface area contributed by atoms with Crippen LogP contribution in [0.2, 0.25) is 0 Å². The molecule has 0 bridgehead atoms. The summed E-state index contributed by atoms with van der Waals surface area (Å²) >= 11 is 0. The number of nitro benzene ring substituents is 1. The summed E-state index contributed by atoms with van der Waals surface area (Å²) in [6, 6.07) is 12.2. The fourth-order valence-corrected chi connectivity index (χ4v) is 2.22. The highest BCUT2D eigenvalue weighted by Gasteiger charge is 2.29. The number of rotatable bonds is 3. The third-order valence-electron chi connectivity index (χ3n) is 3.10. The Kier molecular flexibility index (Phi) is 2.87. The van der Waals surface area contributed by atoms with Crippen molar-refractivity contribution >= 4 is 22.3 Å². The molecular weight excluding hydrogens is 276 g/mol. The first-order valence-electron chi connectivity index (χ1n) is 5.99. The number of nitro groups is 2. The maximum atomic E-state index is 11.3. The van der Waals surface area contributed by atoms with Crippen LogP contribution in [0.3, 0.4) is 0 Å². The fourth-order valence-electron chi connectivity index (χ4n) is 2.22. The van der Waals surface area contributed by atoms with Gasteiger partial charge < -0.3 is 4.42 Å². The Hall–Kier alpha value is -3.22. The Labute approximate surface area is 117 Å². The van der Waals surface area contributed by atoms with Crippen molar-refractivity contribution in [2.45, 2.75) is 0 Å². The van der Waals surface area contributed by atoms with Gasteiger partial charge in [0.1, 0.15) is 11.1 Å². The molecule has 0 radical (unpaired) electrons. The monoisotopic (exact) mass is 284 g/mol. The van der Waals surface area contributed by atoms with E-state index in [1.807, 2.05) is 0 Å². The highest BCUT2D eigenvalue weighted by Crippen LogP contribution is 2.42. The van der Waals surface area contributed by atoms with Crippen molar-refractivity contribution in [2.75, 3.05) is 0 Å². The smallest absolute Gasteiger partial charge is 0.323 e. The standard InChI is InChI=1S/C14H8N2O5/c17-15(18)11-7-3-1-5-9(11)14-13(16(19)20)10-6-2-4-8-12(10)21-14/h1-8H. The lowest BCUT2D eigenvalue weighted by Crippen LogP contribution is -1.93. The quantitative estimate of drug-likeness (QED) is 0.536. The van der Waals surface area contributed by atoms with Crippen LogP contribution >= 0.6 is 0 Å². The van der Waals surface area contributed by atoms with E-state index in [9.17, 15) is 20.2 Å². The van der Waals surface area contributed by atoms with Crippen molar-refractivity contribution < 1.29 is 14.3 Å². The summed E-state index contributed by atoms with van der Waals surface area (Å²) < 4.78 is 5.49. The van der Waals surface area contributed by atoms with Crippen LogP contribution in [0.1, 0.15) is 0 Å². The molecule has 1 heterocycles. The minimum Gasteiger partial charge on any atom is -0.448 e. The first-order chi connectivity index (χ1) is 10.1. The van der Waals surface area contributed by atoms with E-state index in [0.29, 0.717) is 11.0 Å². The van der Waals surface area contributed by atoms with E-state index in [1.54, 1.807) is 30.3 Å². The van der Waals surface area contributed by atoms with Gasteiger partial charge in [-0.05, 0) is 18.2 Å². The zero-order valence-corrected chi connectivity index (χ0v) is 10.6. The van der Waals surface area contributed by atoms with Gasteiger partial charge in [-0.15, -0.1) is 0 Å². The number of nitrogens with zero attached hydrogens (tertiary/aromatic N) is 2. The van der Waals surface area contributed by atoms with Crippen molar-refractivity contribution in [3.8, 4) is 11.3 Å². The zero-order valence-electron chi connectivity index (χ0n) is 10.6. The SMILES string of the molecule is O=[N+]([O-])c1ccccc1-c1oc2ccccc2c1[N+](=O)[O-]. The predicted molar refractivity (Wildman–Crippen MR) is 75.0 cm³/mol. The molecule has 0 N–H and O–H groups in total. The predicted octanol–water partition coefficient (Wildman–Crippen LogP) is 3.92. The number of furan rings is 1. The first kappa shape index (κ1) is 12.8. The summed E-state index contributed by atoms with van der Waals surface area (Å²) in [5.41, 5.74) is -0.0951. The Morgan fingerprint density at radius 1 is 0.857 bits per heavy atom. The molecular formula is C14H8N2O5. The van der Waals surface area contributed by atoms with E-state index in [2.05, 4.69) is 0 Å². The molecule has 2 aromatic carbocycles. The van der Waals surface area contributed by atoms with Crippen molar-refractivity contribution in [1.29, 1.82) is 0 Å². The fraction of sp³-hybridized carbons (Fsp3) is 0. The molecule has 7 nitrogen and oxygen atoms in total. The maximum Gasteiger partial charge on any atom is 0.323 e. The van der Waals surface area contributed by atoms with E-state index < -0.39 is 9.85 Å². The molecule has 0 aliphatic rings. The summed E-state index contributed by atoms with van der Waals surface area (Å²) in [5, 5.41) is 22.7. The number of hydrogen-bond donors (Lipinski definition) is 0. The Morgan fingerprint density at radius 2 is 1.52 bits per heavy atom. The zero-order chi connectivity index (χ0) is 15.0. The van der Waals surface area contributed by atoms with Crippen LogP contribution in [-0.2, 0) is 0 Å². The summed E-state index contributed by atoms with van der Waals surface area (Å²) in [6.07, 6.45) is 0. The Balaban J connectivity index is 2.38. The molecule has 0 aliphatic heterocycles. The van der Waals surface area contributed by atoms with Gasteiger partial charge in [0, 0.05) is 6.07 Å². The molecule has 104 valence electrons. The third kappa shape index (κ3) is 2.00. The third-order valence-corrected chi connectivity index (χ3v) is 3.10. The molecule has 21 heavy (non-hydrogen) atoms. The lowest BCUT2D eigenvalue weighted by Gasteiger charge is -1.98. The van der Waals surface area contributed by atoms with Gasteiger partial charge in [0.2, 0.25) is 5.76 Å². The highest BCUT2D eigenvalue weighted by atomic mass is 16.6. The summed E-state index contributed by atoms with van der Waals surface area (Å²) in [4.78, 5) is 21.2. The van der Waals surface area contributed by atoms with Crippen LogP contribution in [0.4, 0.5) is 11.4 Å². The number of fused-ring (bicyclic) bond motifs is 1. The molecule has 0 saturated carbocycles. The Bertz CT molecular complexity index is 869. The molecule has 0 unspecified atom stereocenters. The van der Waals surface area contributed by atoms with Gasteiger partial charge in [0.25, 0.3) is 5.69 Å². The molecule has 0 fully saturated rings. The minimum atomic E-state index is -0.591. The molecule has 0 spiro atoms.